The normalized spacial score (nSPS) is 10.7. The molecule has 0 aliphatic carbocycles. The van der Waals surface area contributed by atoms with E-state index in [1.807, 2.05) is 36.4 Å². The molecule has 0 fully saturated rings. The van der Waals surface area contributed by atoms with Crippen LogP contribution in [-0.2, 0) is 13.2 Å². The number of fused-ring (bicyclic) bond motifs is 1. The fourth-order valence-corrected chi connectivity index (χ4v) is 3.52. The average Bonchev–Trinajstić information content (AvgIpc) is 3.09. The Kier molecular flexibility index (Phi) is 5.11. The van der Waals surface area contributed by atoms with E-state index in [9.17, 15) is 9.59 Å². The molecule has 0 saturated heterocycles. The van der Waals surface area contributed by atoms with E-state index >= 15 is 0 Å². The highest BCUT2D eigenvalue weighted by Crippen LogP contribution is 2.17. The van der Waals surface area contributed by atoms with E-state index in [4.69, 9.17) is 4.74 Å². The number of aromatic nitrogens is 3. The Morgan fingerprint density at radius 1 is 1.04 bits per heavy atom. The summed E-state index contributed by atoms with van der Waals surface area (Å²) in [4.78, 5) is 33.7. The van der Waals surface area contributed by atoms with E-state index in [-0.39, 0.29) is 12.1 Å². The molecule has 0 radical (unpaired) electrons. The summed E-state index contributed by atoms with van der Waals surface area (Å²) < 4.78 is 6.86. The van der Waals surface area contributed by atoms with Crippen molar-refractivity contribution in [1.82, 2.24) is 19.2 Å². The molecule has 4 rings (SSSR count). The molecule has 1 N–H and O–H groups in total. The third-order valence-electron chi connectivity index (χ3n) is 4.05. The summed E-state index contributed by atoms with van der Waals surface area (Å²) in [5.41, 5.74) is 1.36. The molecule has 4 aromatic rings. The molecule has 1 amide bonds. The van der Waals surface area contributed by atoms with Crippen molar-refractivity contribution >= 4 is 27.8 Å². The van der Waals surface area contributed by atoms with Gasteiger partial charge in [0, 0.05) is 24.5 Å². The summed E-state index contributed by atoms with van der Waals surface area (Å²) in [5.74, 6) is 0.442. The predicted molar refractivity (Wildman–Crippen MR) is 107 cm³/mol. The summed E-state index contributed by atoms with van der Waals surface area (Å²) in [6.45, 7) is 0.561. The van der Waals surface area contributed by atoms with Crippen LogP contribution >= 0.6 is 11.5 Å². The summed E-state index contributed by atoms with van der Waals surface area (Å²) in [5, 5.41) is 3.17. The van der Waals surface area contributed by atoms with Crippen LogP contribution in [0, 0.1) is 0 Å². The lowest BCUT2D eigenvalue weighted by molar-refractivity contribution is 0.243. The van der Waals surface area contributed by atoms with Crippen LogP contribution in [0.15, 0.2) is 71.8 Å². The van der Waals surface area contributed by atoms with Gasteiger partial charge in [0.25, 0.3) is 5.56 Å². The Bertz CT molecular complexity index is 1170. The first-order valence-electron chi connectivity index (χ1n) is 8.58. The molecule has 3 heterocycles. The largest absolute Gasteiger partial charge is 0.473 e. The zero-order valence-corrected chi connectivity index (χ0v) is 15.6. The van der Waals surface area contributed by atoms with Gasteiger partial charge in [-0.05, 0) is 35.3 Å². The number of benzene rings is 1. The molecule has 1 aromatic carbocycles. The fourth-order valence-electron chi connectivity index (χ4n) is 2.65. The van der Waals surface area contributed by atoms with Gasteiger partial charge >= 0.3 is 6.03 Å². The van der Waals surface area contributed by atoms with Crippen molar-refractivity contribution in [2.45, 2.75) is 13.2 Å². The number of pyridine rings is 2. The van der Waals surface area contributed by atoms with Crippen molar-refractivity contribution in [2.24, 2.45) is 0 Å². The molecule has 0 aliphatic heterocycles. The Morgan fingerprint density at radius 3 is 2.64 bits per heavy atom. The van der Waals surface area contributed by atoms with Gasteiger partial charge in [0.1, 0.15) is 11.4 Å². The highest BCUT2D eigenvalue weighted by Gasteiger charge is 2.15. The third kappa shape index (κ3) is 3.77. The van der Waals surface area contributed by atoms with Gasteiger partial charge in [-0.25, -0.2) is 14.8 Å². The summed E-state index contributed by atoms with van der Waals surface area (Å²) in [6.07, 6.45) is 3.22. The van der Waals surface area contributed by atoms with Crippen LogP contribution in [0.25, 0.3) is 10.2 Å². The van der Waals surface area contributed by atoms with Crippen LogP contribution in [0.4, 0.5) is 4.79 Å². The predicted octanol–water partition coefficient (Wildman–Crippen LogP) is 3.19. The van der Waals surface area contributed by atoms with Gasteiger partial charge in [0.05, 0.1) is 5.39 Å². The molecule has 0 saturated carbocycles. The van der Waals surface area contributed by atoms with Gasteiger partial charge in [-0.2, -0.15) is 3.96 Å². The van der Waals surface area contributed by atoms with Gasteiger partial charge in [0.15, 0.2) is 0 Å². The molecule has 8 heteroatoms. The fraction of sp³-hybridized carbons (Fsp3) is 0.100. The van der Waals surface area contributed by atoms with Crippen molar-refractivity contribution < 1.29 is 9.53 Å². The SMILES string of the molecule is O=C(NCc1cccnc1OCc1ccccc1)n1sc2ncccc2c1=O. The highest BCUT2D eigenvalue weighted by atomic mass is 32.1. The summed E-state index contributed by atoms with van der Waals surface area (Å²) in [7, 11) is 0. The number of carbonyl (C=O) groups excluding carboxylic acids is 1. The van der Waals surface area contributed by atoms with Crippen LogP contribution in [0.2, 0.25) is 0 Å². The maximum atomic E-state index is 12.5. The second-order valence-corrected chi connectivity index (χ2v) is 6.88. The van der Waals surface area contributed by atoms with Gasteiger partial charge in [-0.1, -0.05) is 36.4 Å². The molecule has 140 valence electrons. The summed E-state index contributed by atoms with van der Waals surface area (Å²) >= 11 is 1.01. The topological polar surface area (TPSA) is 86.1 Å². The first-order chi connectivity index (χ1) is 13.7. The summed E-state index contributed by atoms with van der Waals surface area (Å²) in [6, 6.07) is 16.2. The molecule has 0 unspecified atom stereocenters. The van der Waals surface area contributed by atoms with Crippen LogP contribution in [0.5, 0.6) is 5.88 Å². The number of rotatable bonds is 5. The minimum Gasteiger partial charge on any atom is -0.473 e. The van der Waals surface area contributed by atoms with Gasteiger partial charge in [-0.3, -0.25) is 4.79 Å². The van der Waals surface area contributed by atoms with Crippen LogP contribution in [0.3, 0.4) is 0 Å². The minimum atomic E-state index is -0.508. The standard InChI is InChI=1S/C20H16N4O3S/c25-19-16-9-5-11-22-18(16)28-24(19)20(26)23-12-15-8-4-10-21-17(15)27-13-14-6-2-1-3-7-14/h1-11H,12-13H2,(H,23,26). The average molecular weight is 392 g/mol. The molecule has 28 heavy (non-hydrogen) atoms. The minimum absolute atomic E-state index is 0.185. The van der Waals surface area contributed by atoms with E-state index in [1.165, 1.54) is 0 Å². The Hall–Kier alpha value is -3.52. The number of hydrogen-bond donors (Lipinski definition) is 1. The van der Waals surface area contributed by atoms with Crippen LogP contribution in [-0.4, -0.2) is 20.0 Å². The van der Waals surface area contributed by atoms with Crippen molar-refractivity contribution in [3.8, 4) is 5.88 Å². The zero-order chi connectivity index (χ0) is 19.3. The first kappa shape index (κ1) is 17.9. The van der Waals surface area contributed by atoms with E-state index < -0.39 is 6.03 Å². The number of nitrogens with one attached hydrogen (secondary N) is 1. The van der Waals surface area contributed by atoms with Gasteiger partial charge in [-0.15, -0.1) is 0 Å². The maximum Gasteiger partial charge on any atom is 0.338 e. The first-order valence-corrected chi connectivity index (χ1v) is 9.35. The Balaban J connectivity index is 1.46. The quantitative estimate of drug-likeness (QED) is 0.564. The molecule has 7 nitrogen and oxygen atoms in total. The van der Waals surface area contributed by atoms with Crippen molar-refractivity contribution in [3.63, 3.8) is 0 Å². The lowest BCUT2D eigenvalue weighted by atomic mass is 10.2. The van der Waals surface area contributed by atoms with E-state index in [1.54, 1.807) is 30.6 Å². The molecule has 0 spiro atoms. The number of amides is 1. The van der Waals surface area contributed by atoms with Crippen molar-refractivity contribution in [1.29, 1.82) is 0 Å². The van der Waals surface area contributed by atoms with E-state index in [0.29, 0.717) is 22.7 Å². The molecular formula is C20H16N4O3S. The lowest BCUT2D eigenvalue weighted by Gasteiger charge is -2.11. The number of nitrogens with zero attached hydrogens (tertiary/aromatic N) is 3. The van der Waals surface area contributed by atoms with E-state index in [0.717, 1.165) is 26.6 Å². The van der Waals surface area contributed by atoms with E-state index in [2.05, 4.69) is 15.3 Å². The van der Waals surface area contributed by atoms with Gasteiger partial charge in [0.2, 0.25) is 5.88 Å². The molecule has 3 aromatic heterocycles. The maximum absolute atomic E-state index is 12.5. The second-order valence-electron chi connectivity index (χ2n) is 5.95. The number of carbonyl (C=O) groups is 1. The second kappa shape index (κ2) is 8.01. The highest BCUT2D eigenvalue weighted by molar-refractivity contribution is 7.14. The lowest BCUT2D eigenvalue weighted by Crippen LogP contribution is -2.32. The van der Waals surface area contributed by atoms with Crippen molar-refractivity contribution in [3.05, 3.63) is 88.5 Å². The third-order valence-corrected chi connectivity index (χ3v) is 5.06. The molecular weight excluding hydrogens is 376 g/mol. The van der Waals surface area contributed by atoms with Crippen LogP contribution in [0.1, 0.15) is 11.1 Å². The zero-order valence-electron chi connectivity index (χ0n) is 14.7. The molecule has 0 bridgehead atoms. The Morgan fingerprint density at radius 2 is 1.82 bits per heavy atom. The number of ether oxygens (including phenoxy) is 1. The molecule has 0 atom stereocenters. The van der Waals surface area contributed by atoms with Gasteiger partial charge < -0.3 is 10.1 Å². The van der Waals surface area contributed by atoms with Crippen molar-refractivity contribution in [2.75, 3.05) is 0 Å². The number of hydrogen-bond acceptors (Lipinski definition) is 6. The Labute approximate surface area is 164 Å². The monoisotopic (exact) mass is 392 g/mol. The molecule has 0 aliphatic rings. The smallest absolute Gasteiger partial charge is 0.338 e. The van der Waals surface area contributed by atoms with Crippen LogP contribution < -0.4 is 15.6 Å².